The summed E-state index contributed by atoms with van der Waals surface area (Å²) in [5.41, 5.74) is 1.94. The standard InChI is InChI=1S/C13H12F3IN2/c14-13(15,16)5-2-6-19-9-11(8-18-19)10-3-1-4-12(17)7-10/h1,3-4,7-9H,2,5-6H2. The maximum atomic E-state index is 12.0. The molecule has 0 aliphatic heterocycles. The first kappa shape index (κ1) is 14.4. The summed E-state index contributed by atoms with van der Waals surface area (Å²) in [6.45, 7) is 0.281. The molecule has 0 bridgehead atoms. The molecule has 0 unspecified atom stereocenters. The molecular weight excluding hydrogens is 368 g/mol. The number of benzene rings is 1. The molecule has 0 N–H and O–H groups in total. The van der Waals surface area contributed by atoms with Crippen molar-refractivity contribution in [2.75, 3.05) is 0 Å². The van der Waals surface area contributed by atoms with Crippen molar-refractivity contribution in [3.05, 3.63) is 40.2 Å². The second-order valence-corrected chi connectivity index (χ2v) is 5.47. The van der Waals surface area contributed by atoms with Crippen LogP contribution in [0.1, 0.15) is 12.8 Å². The summed E-state index contributed by atoms with van der Waals surface area (Å²) in [5, 5.41) is 4.09. The van der Waals surface area contributed by atoms with Crippen LogP contribution in [0.5, 0.6) is 0 Å². The van der Waals surface area contributed by atoms with Crippen molar-refractivity contribution >= 4 is 22.6 Å². The first-order valence-corrected chi connectivity index (χ1v) is 6.87. The number of hydrogen-bond acceptors (Lipinski definition) is 1. The Hall–Kier alpha value is -1.05. The van der Waals surface area contributed by atoms with Gasteiger partial charge in [0.2, 0.25) is 0 Å². The van der Waals surface area contributed by atoms with Gasteiger partial charge >= 0.3 is 6.18 Å². The van der Waals surface area contributed by atoms with E-state index in [2.05, 4.69) is 27.7 Å². The minimum atomic E-state index is -4.09. The van der Waals surface area contributed by atoms with Gasteiger partial charge in [-0.05, 0) is 46.7 Å². The van der Waals surface area contributed by atoms with E-state index in [1.165, 1.54) is 0 Å². The fraction of sp³-hybridized carbons (Fsp3) is 0.308. The Morgan fingerprint density at radius 1 is 1.21 bits per heavy atom. The molecule has 1 heterocycles. The fourth-order valence-corrected chi connectivity index (χ4v) is 2.29. The first-order chi connectivity index (χ1) is 8.94. The molecule has 0 spiro atoms. The monoisotopic (exact) mass is 380 g/mol. The van der Waals surface area contributed by atoms with Crippen molar-refractivity contribution in [2.45, 2.75) is 25.6 Å². The highest BCUT2D eigenvalue weighted by molar-refractivity contribution is 14.1. The fourth-order valence-electron chi connectivity index (χ4n) is 1.74. The average Bonchev–Trinajstić information content (AvgIpc) is 2.76. The van der Waals surface area contributed by atoms with E-state index >= 15 is 0 Å². The minimum absolute atomic E-state index is 0.0525. The van der Waals surface area contributed by atoms with Crippen molar-refractivity contribution in [3.63, 3.8) is 0 Å². The van der Waals surface area contributed by atoms with Crippen LogP contribution in [0.4, 0.5) is 13.2 Å². The topological polar surface area (TPSA) is 17.8 Å². The van der Waals surface area contributed by atoms with Gasteiger partial charge in [-0.25, -0.2) is 0 Å². The number of hydrogen-bond donors (Lipinski definition) is 0. The van der Waals surface area contributed by atoms with Crippen LogP contribution in [0.3, 0.4) is 0 Å². The largest absolute Gasteiger partial charge is 0.389 e. The molecule has 19 heavy (non-hydrogen) atoms. The number of aryl methyl sites for hydroxylation is 1. The molecule has 2 nitrogen and oxygen atoms in total. The van der Waals surface area contributed by atoms with Gasteiger partial charge in [-0.2, -0.15) is 18.3 Å². The lowest BCUT2D eigenvalue weighted by Gasteiger charge is -2.05. The van der Waals surface area contributed by atoms with Crippen LogP contribution in [-0.2, 0) is 6.54 Å². The molecule has 0 aliphatic rings. The smallest absolute Gasteiger partial charge is 0.272 e. The van der Waals surface area contributed by atoms with Gasteiger partial charge in [0.15, 0.2) is 0 Å². The summed E-state index contributed by atoms with van der Waals surface area (Å²) >= 11 is 2.22. The molecule has 2 rings (SSSR count). The van der Waals surface area contributed by atoms with E-state index in [1.54, 1.807) is 17.1 Å². The van der Waals surface area contributed by atoms with Gasteiger partial charge in [-0.3, -0.25) is 4.68 Å². The number of alkyl halides is 3. The Labute approximate surface area is 122 Å². The van der Waals surface area contributed by atoms with Gasteiger partial charge in [0.05, 0.1) is 6.20 Å². The van der Waals surface area contributed by atoms with E-state index in [0.717, 1.165) is 14.7 Å². The molecule has 1 aromatic carbocycles. The maximum absolute atomic E-state index is 12.0. The maximum Gasteiger partial charge on any atom is 0.389 e. The van der Waals surface area contributed by atoms with Gasteiger partial charge in [-0.1, -0.05) is 12.1 Å². The molecule has 2 aromatic rings. The number of rotatable bonds is 4. The van der Waals surface area contributed by atoms with E-state index < -0.39 is 12.6 Å². The third-order valence-corrected chi connectivity index (χ3v) is 3.31. The normalized spacial score (nSPS) is 11.8. The molecule has 0 amide bonds. The summed E-state index contributed by atoms with van der Waals surface area (Å²) in [5.74, 6) is 0. The van der Waals surface area contributed by atoms with Crippen molar-refractivity contribution in [1.29, 1.82) is 0 Å². The lowest BCUT2D eigenvalue weighted by atomic mass is 10.1. The second kappa shape index (κ2) is 5.94. The molecule has 102 valence electrons. The Bertz CT molecular complexity index is 549. The number of aromatic nitrogens is 2. The van der Waals surface area contributed by atoms with E-state index in [1.807, 2.05) is 24.3 Å². The van der Waals surface area contributed by atoms with Crippen molar-refractivity contribution in [2.24, 2.45) is 0 Å². The third-order valence-electron chi connectivity index (χ3n) is 2.64. The van der Waals surface area contributed by atoms with Gasteiger partial charge < -0.3 is 0 Å². The van der Waals surface area contributed by atoms with E-state index in [9.17, 15) is 13.2 Å². The predicted octanol–water partition coefficient (Wildman–Crippen LogP) is 4.50. The Kier molecular flexibility index (Phi) is 4.49. The van der Waals surface area contributed by atoms with Gasteiger partial charge in [-0.15, -0.1) is 0 Å². The lowest BCUT2D eigenvalue weighted by molar-refractivity contribution is -0.136. The Morgan fingerprint density at radius 3 is 2.68 bits per heavy atom. The molecule has 0 saturated heterocycles. The SMILES string of the molecule is FC(F)(F)CCCn1cc(-c2cccc(I)c2)cn1. The summed E-state index contributed by atoms with van der Waals surface area (Å²) in [7, 11) is 0. The summed E-state index contributed by atoms with van der Waals surface area (Å²) in [6, 6.07) is 7.90. The summed E-state index contributed by atoms with van der Waals surface area (Å²) in [4.78, 5) is 0. The number of halogens is 4. The van der Waals surface area contributed by atoms with E-state index in [-0.39, 0.29) is 13.0 Å². The van der Waals surface area contributed by atoms with Gasteiger partial charge in [0, 0.05) is 28.3 Å². The molecule has 0 radical (unpaired) electrons. The summed E-state index contributed by atoms with van der Waals surface area (Å²) in [6.07, 6.45) is -1.35. The zero-order valence-corrected chi connectivity index (χ0v) is 12.1. The van der Waals surface area contributed by atoms with Crippen molar-refractivity contribution in [3.8, 4) is 11.1 Å². The molecule has 6 heteroatoms. The van der Waals surface area contributed by atoms with Crippen LogP contribution < -0.4 is 0 Å². The molecule has 1 aromatic heterocycles. The zero-order chi connectivity index (χ0) is 13.9. The molecule has 0 aliphatic carbocycles. The minimum Gasteiger partial charge on any atom is -0.272 e. The molecule has 0 fully saturated rings. The molecular formula is C13H12F3IN2. The Balaban J connectivity index is 1.99. The van der Waals surface area contributed by atoms with Gasteiger partial charge in [0.25, 0.3) is 0 Å². The van der Waals surface area contributed by atoms with E-state index in [4.69, 9.17) is 0 Å². The average molecular weight is 380 g/mol. The molecule has 0 atom stereocenters. The third kappa shape index (κ3) is 4.52. The van der Waals surface area contributed by atoms with Crippen LogP contribution in [0.2, 0.25) is 0 Å². The van der Waals surface area contributed by atoms with Crippen LogP contribution in [0.15, 0.2) is 36.7 Å². The predicted molar refractivity (Wildman–Crippen MR) is 75.7 cm³/mol. The van der Waals surface area contributed by atoms with Crippen LogP contribution in [0.25, 0.3) is 11.1 Å². The second-order valence-electron chi connectivity index (χ2n) is 4.22. The summed E-state index contributed by atoms with van der Waals surface area (Å²) < 4.78 is 38.8. The number of nitrogens with zero attached hydrogens (tertiary/aromatic N) is 2. The van der Waals surface area contributed by atoms with Crippen LogP contribution in [0, 0.1) is 3.57 Å². The van der Waals surface area contributed by atoms with Crippen molar-refractivity contribution < 1.29 is 13.2 Å². The molecule has 0 saturated carbocycles. The van der Waals surface area contributed by atoms with E-state index in [0.29, 0.717) is 0 Å². The highest BCUT2D eigenvalue weighted by atomic mass is 127. The first-order valence-electron chi connectivity index (χ1n) is 5.79. The highest BCUT2D eigenvalue weighted by Crippen LogP contribution is 2.23. The zero-order valence-electron chi connectivity index (χ0n) is 9.99. The van der Waals surface area contributed by atoms with Crippen LogP contribution >= 0.6 is 22.6 Å². The van der Waals surface area contributed by atoms with Gasteiger partial charge in [0.1, 0.15) is 0 Å². The lowest BCUT2D eigenvalue weighted by Crippen LogP contribution is -2.09. The quantitative estimate of drug-likeness (QED) is 0.715. The van der Waals surface area contributed by atoms with Crippen LogP contribution in [-0.4, -0.2) is 16.0 Å². The Morgan fingerprint density at radius 2 is 2.00 bits per heavy atom. The highest BCUT2D eigenvalue weighted by Gasteiger charge is 2.26. The van der Waals surface area contributed by atoms with Crippen molar-refractivity contribution in [1.82, 2.24) is 9.78 Å².